The highest BCUT2D eigenvalue weighted by Crippen LogP contribution is 2.52. The van der Waals surface area contributed by atoms with Crippen molar-refractivity contribution in [2.24, 2.45) is 5.92 Å². The largest absolute Gasteiger partial charge is 0.487 e. The van der Waals surface area contributed by atoms with E-state index in [1.165, 1.54) is 0 Å². The minimum Gasteiger partial charge on any atom is -0.487 e. The minimum absolute atomic E-state index is 0.0432. The van der Waals surface area contributed by atoms with Crippen molar-refractivity contribution in [1.29, 1.82) is 5.26 Å². The molecule has 19 heavy (non-hydrogen) atoms. The molecule has 0 saturated carbocycles. The van der Waals surface area contributed by atoms with Crippen LogP contribution in [0.3, 0.4) is 0 Å². The molecule has 3 nitrogen and oxygen atoms in total. The van der Waals surface area contributed by atoms with E-state index in [-0.39, 0.29) is 11.7 Å². The quantitative estimate of drug-likeness (QED) is 0.713. The third-order valence-electron chi connectivity index (χ3n) is 4.41. The van der Waals surface area contributed by atoms with Gasteiger partial charge < -0.3 is 9.47 Å². The van der Waals surface area contributed by atoms with E-state index in [1.54, 1.807) is 0 Å². The molecule has 0 N–H and O–H groups in total. The number of nitrogens with zero attached hydrogens (tertiary/aromatic N) is 1. The molecule has 2 heterocycles. The van der Waals surface area contributed by atoms with Gasteiger partial charge in [0, 0.05) is 11.5 Å². The van der Waals surface area contributed by atoms with Crippen LogP contribution in [0.2, 0.25) is 0 Å². The molecule has 2 aliphatic rings. The lowest BCUT2D eigenvalue weighted by Crippen LogP contribution is -2.50. The van der Waals surface area contributed by atoms with Gasteiger partial charge in [0.25, 0.3) is 0 Å². The van der Waals surface area contributed by atoms with Crippen LogP contribution in [0, 0.1) is 17.2 Å². The van der Waals surface area contributed by atoms with E-state index in [2.05, 4.69) is 19.9 Å². The van der Waals surface area contributed by atoms with Crippen molar-refractivity contribution in [1.82, 2.24) is 0 Å². The molecule has 0 unspecified atom stereocenters. The zero-order chi connectivity index (χ0) is 13.7. The van der Waals surface area contributed by atoms with Gasteiger partial charge in [0.1, 0.15) is 11.4 Å². The Bertz CT molecular complexity index is 546. The molecule has 1 aromatic carbocycles. The Kier molecular flexibility index (Phi) is 2.62. The number of hydrogen-bond acceptors (Lipinski definition) is 3. The molecule has 3 rings (SSSR count). The van der Waals surface area contributed by atoms with E-state index >= 15 is 0 Å². The summed E-state index contributed by atoms with van der Waals surface area (Å²) in [6.45, 7) is 6.10. The molecule has 1 aromatic rings. The molecule has 2 aliphatic heterocycles. The van der Waals surface area contributed by atoms with Gasteiger partial charge in [-0.25, -0.2) is 0 Å². The van der Waals surface area contributed by atoms with Gasteiger partial charge in [-0.3, -0.25) is 0 Å². The van der Waals surface area contributed by atoms with Crippen molar-refractivity contribution in [3.63, 3.8) is 0 Å². The van der Waals surface area contributed by atoms with E-state index < -0.39 is 5.60 Å². The van der Waals surface area contributed by atoms with Gasteiger partial charge in [0.05, 0.1) is 12.2 Å². The Morgan fingerprint density at radius 1 is 1.26 bits per heavy atom. The molecule has 0 radical (unpaired) electrons. The summed E-state index contributed by atoms with van der Waals surface area (Å²) in [5.74, 6) is 1.18. The van der Waals surface area contributed by atoms with Crippen molar-refractivity contribution in [2.45, 2.75) is 50.9 Å². The minimum atomic E-state index is -0.679. The molecule has 1 saturated heterocycles. The average molecular weight is 257 g/mol. The van der Waals surface area contributed by atoms with Crippen LogP contribution >= 0.6 is 0 Å². The second-order valence-electron chi connectivity index (χ2n) is 6.27. The van der Waals surface area contributed by atoms with Gasteiger partial charge in [-0.1, -0.05) is 18.2 Å². The first-order valence-corrected chi connectivity index (χ1v) is 6.82. The predicted octanol–water partition coefficient (Wildman–Crippen LogP) is 3.61. The maximum Gasteiger partial charge on any atom is 0.152 e. The highest BCUT2D eigenvalue weighted by Gasteiger charge is 2.50. The zero-order valence-electron chi connectivity index (χ0n) is 11.6. The third-order valence-corrected chi connectivity index (χ3v) is 4.41. The van der Waals surface area contributed by atoms with E-state index in [4.69, 9.17) is 9.47 Å². The van der Waals surface area contributed by atoms with Crippen molar-refractivity contribution < 1.29 is 9.47 Å². The molecule has 100 valence electrons. The highest BCUT2D eigenvalue weighted by molar-refractivity contribution is 5.39. The van der Waals surface area contributed by atoms with Crippen molar-refractivity contribution >= 4 is 0 Å². The van der Waals surface area contributed by atoms with Gasteiger partial charge in [0.2, 0.25) is 0 Å². The smallest absolute Gasteiger partial charge is 0.152 e. The Hall–Kier alpha value is -1.53. The van der Waals surface area contributed by atoms with Crippen molar-refractivity contribution in [3.8, 4) is 11.8 Å². The van der Waals surface area contributed by atoms with Gasteiger partial charge in [-0.2, -0.15) is 5.26 Å². The van der Waals surface area contributed by atoms with Gasteiger partial charge >= 0.3 is 0 Å². The standard InChI is InChI=1S/C16H19NO2/c1-15(2)12-8-9-16(3,10-17)19-14(12)11-6-4-5-7-13(11)18-15/h4-7,12,14H,8-9H2,1-3H3/t12-,14+,16-/m1/s1. The Balaban J connectivity index is 2.06. The first kappa shape index (κ1) is 12.5. The second-order valence-corrected chi connectivity index (χ2v) is 6.27. The summed E-state index contributed by atoms with van der Waals surface area (Å²) in [6.07, 6.45) is 1.67. The Labute approximate surface area is 114 Å². The van der Waals surface area contributed by atoms with Gasteiger partial charge in [-0.05, 0) is 39.7 Å². The fourth-order valence-corrected chi connectivity index (χ4v) is 3.25. The SMILES string of the molecule is CC1(C)Oc2ccccc2[C@@H]2O[C@@](C)(C#N)CC[C@H]21. The molecular formula is C16H19NO2. The third kappa shape index (κ3) is 1.91. The van der Waals surface area contributed by atoms with E-state index in [0.717, 1.165) is 24.2 Å². The number of nitriles is 1. The van der Waals surface area contributed by atoms with Crippen LogP contribution in [0.25, 0.3) is 0 Å². The predicted molar refractivity (Wildman–Crippen MR) is 71.7 cm³/mol. The maximum atomic E-state index is 9.31. The summed E-state index contributed by atoms with van der Waals surface area (Å²) < 4.78 is 12.3. The van der Waals surface area contributed by atoms with Crippen LogP contribution in [0.1, 0.15) is 45.3 Å². The summed E-state index contributed by atoms with van der Waals surface area (Å²) in [5, 5.41) is 9.31. The fraction of sp³-hybridized carbons (Fsp3) is 0.562. The monoisotopic (exact) mass is 257 g/mol. The van der Waals surface area contributed by atoms with E-state index in [9.17, 15) is 5.26 Å². The molecule has 1 fully saturated rings. The first-order valence-electron chi connectivity index (χ1n) is 6.82. The molecular weight excluding hydrogens is 238 g/mol. The molecule has 0 spiro atoms. The first-order chi connectivity index (χ1) is 8.95. The van der Waals surface area contributed by atoms with Crippen molar-refractivity contribution in [3.05, 3.63) is 29.8 Å². The van der Waals surface area contributed by atoms with Crippen LogP contribution in [0.4, 0.5) is 0 Å². The second kappa shape index (κ2) is 3.98. The van der Waals surface area contributed by atoms with Crippen molar-refractivity contribution in [2.75, 3.05) is 0 Å². The molecule has 0 amide bonds. The average Bonchev–Trinajstić information content (AvgIpc) is 2.38. The lowest BCUT2D eigenvalue weighted by Gasteiger charge is -2.49. The van der Waals surface area contributed by atoms with Gasteiger partial charge in [0.15, 0.2) is 5.60 Å². The normalized spacial score (nSPS) is 35.5. The fourth-order valence-electron chi connectivity index (χ4n) is 3.25. The van der Waals surface area contributed by atoms with Crippen LogP contribution in [0.5, 0.6) is 5.75 Å². The number of hydrogen-bond donors (Lipinski definition) is 0. The molecule has 0 aliphatic carbocycles. The summed E-state index contributed by atoms with van der Waals surface area (Å²) in [7, 11) is 0. The number of para-hydroxylation sites is 1. The van der Waals surface area contributed by atoms with Gasteiger partial charge in [-0.15, -0.1) is 0 Å². The summed E-state index contributed by atoms with van der Waals surface area (Å²) in [6, 6.07) is 10.3. The lowest BCUT2D eigenvalue weighted by atomic mass is 9.73. The number of fused-ring (bicyclic) bond motifs is 3. The maximum absolute atomic E-state index is 9.31. The summed E-state index contributed by atoms with van der Waals surface area (Å²) in [4.78, 5) is 0. The zero-order valence-corrected chi connectivity index (χ0v) is 11.6. The summed E-state index contributed by atoms with van der Waals surface area (Å²) >= 11 is 0. The van der Waals surface area contributed by atoms with Crippen LogP contribution in [-0.2, 0) is 4.74 Å². The van der Waals surface area contributed by atoms with Crippen LogP contribution in [-0.4, -0.2) is 11.2 Å². The summed E-state index contributed by atoms with van der Waals surface area (Å²) in [5.41, 5.74) is 0.144. The van der Waals surface area contributed by atoms with Crippen LogP contribution in [0.15, 0.2) is 24.3 Å². The van der Waals surface area contributed by atoms with Crippen LogP contribution < -0.4 is 4.74 Å². The van der Waals surface area contributed by atoms with E-state index in [1.807, 2.05) is 31.2 Å². The molecule has 3 atom stereocenters. The molecule has 0 aromatic heterocycles. The Morgan fingerprint density at radius 3 is 2.74 bits per heavy atom. The highest BCUT2D eigenvalue weighted by atomic mass is 16.5. The topological polar surface area (TPSA) is 42.2 Å². The Morgan fingerprint density at radius 2 is 2.00 bits per heavy atom. The number of ether oxygens (including phenoxy) is 2. The number of rotatable bonds is 0. The van der Waals surface area contributed by atoms with E-state index in [0.29, 0.717) is 5.92 Å². The molecule has 3 heteroatoms. The lowest BCUT2D eigenvalue weighted by molar-refractivity contribution is -0.169. The molecule has 0 bridgehead atoms. The number of benzene rings is 1.